The van der Waals surface area contributed by atoms with Gasteiger partial charge in [-0.1, -0.05) is 19.3 Å². The summed E-state index contributed by atoms with van der Waals surface area (Å²) < 4.78 is 0. The van der Waals surface area contributed by atoms with Gasteiger partial charge in [-0.2, -0.15) is 0 Å². The molecular weight excluding hydrogens is 292 g/mol. The Morgan fingerprint density at radius 1 is 0.913 bits per heavy atom. The minimum Gasteiger partial charge on any atom is -0.393 e. The van der Waals surface area contributed by atoms with Crippen LogP contribution in [0.3, 0.4) is 0 Å². The minimum absolute atomic E-state index is 0.0290. The van der Waals surface area contributed by atoms with E-state index in [2.05, 4.69) is 5.32 Å². The number of aliphatic hydroxyl groups excluding tert-OH is 1. The van der Waals surface area contributed by atoms with E-state index in [1.165, 1.54) is 0 Å². The third-order valence-corrected chi connectivity index (χ3v) is 6.00. The van der Waals surface area contributed by atoms with Gasteiger partial charge in [0.1, 0.15) is 0 Å². The summed E-state index contributed by atoms with van der Waals surface area (Å²) in [5.74, 6) is 0.116. The SMILES string of the molecule is O=C(NCC1CCCC1O)C1CCCCC1C(=O)N1CCCC1. The summed E-state index contributed by atoms with van der Waals surface area (Å²) in [4.78, 5) is 27.3. The highest BCUT2D eigenvalue weighted by Gasteiger charge is 2.38. The number of nitrogens with zero attached hydrogens (tertiary/aromatic N) is 1. The van der Waals surface area contributed by atoms with Crippen molar-refractivity contribution in [2.75, 3.05) is 19.6 Å². The van der Waals surface area contributed by atoms with E-state index >= 15 is 0 Å². The highest BCUT2D eigenvalue weighted by molar-refractivity contribution is 5.88. The molecule has 0 aromatic rings. The number of carbonyl (C=O) groups is 2. The molecule has 5 heteroatoms. The van der Waals surface area contributed by atoms with E-state index in [0.29, 0.717) is 6.54 Å². The minimum atomic E-state index is -0.274. The number of hydrogen-bond donors (Lipinski definition) is 2. The molecule has 1 aliphatic heterocycles. The molecule has 0 radical (unpaired) electrons. The molecule has 0 spiro atoms. The van der Waals surface area contributed by atoms with Crippen LogP contribution in [0.15, 0.2) is 0 Å². The van der Waals surface area contributed by atoms with E-state index in [4.69, 9.17) is 0 Å². The van der Waals surface area contributed by atoms with Crippen LogP contribution in [0.1, 0.15) is 57.8 Å². The molecule has 0 aromatic heterocycles. The van der Waals surface area contributed by atoms with Crippen LogP contribution in [0.5, 0.6) is 0 Å². The van der Waals surface area contributed by atoms with Gasteiger partial charge in [0.25, 0.3) is 0 Å². The lowest BCUT2D eigenvalue weighted by atomic mass is 9.77. The number of amides is 2. The van der Waals surface area contributed by atoms with Crippen LogP contribution in [-0.4, -0.2) is 47.6 Å². The number of hydrogen-bond acceptors (Lipinski definition) is 3. The molecule has 2 saturated carbocycles. The van der Waals surface area contributed by atoms with Crippen molar-refractivity contribution in [3.63, 3.8) is 0 Å². The largest absolute Gasteiger partial charge is 0.393 e. The summed E-state index contributed by atoms with van der Waals surface area (Å²) in [5.41, 5.74) is 0. The van der Waals surface area contributed by atoms with Crippen molar-refractivity contribution in [1.82, 2.24) is 10.2 Å². The van der Waals surface area contributed by atoms with E-state index in [-0.39, 0.29) is 35.7 Å². The lowest BCUT2D eigenvalue weighted by Gasteiger charge is -2.32. The van der Waals surface area contributed by atoms with Crippen LogP contribution in [-0.2, 0) is 9.59 Å². The topological polar surface area (TPSA) is 69.6 Å². The maximum atomic E-state index is 12.7. The zero-order valence-electron chi connectivity index (χ0n) is 14.0. The monoisotopic (exact) mass is 322 g/mol. The number of aliphatic hydroxyl groups is 1. The maximum Gasteiger partial charge on any atom is 0.226 e. The van der Waals surface area contributed by atoms with Crippen LogP contribution in [0.25, 0.3) is 0 Å². The second kappa shape index (κ2) is 7.65. The Hall–Kier alpha value is -1.10. The zero-order chi connectivity index (χ0) is 16.2. The van der Waals surface area contributed by atoms with Crippen molar-refractivity contribution in [2.24, 2.45) is 17.8 Å². The Morgan fingerprint density at radius 3 is 2.26 bits per heavy atom. The summed E-state index contributed by atoms with van der Waals surface area (Å²) in [6.45, 7) is 2.27. The fourth-order valence-electron chi connectivity index (χ4n) is 4.53. The predicted molar refractivity (Wildman–Crippen MR) is 87.6 cm³/mol. The van der Waals surface area contributed by atoms with Crippen molar-refractivity contribution in [3.8, 4) is 0 Å². The summed E-state index contributed by atoms with van der Waals surface area (Å²) in [6, 6.07) is 0. The molecule has 0 bridgehead atoms. The molecule has 4 unspecified atom stereocenters. The zero-order valence-corrected chi connectivity index (χ0v) is 14.0. The van der Waals surface area contributed by atoms with Crippen molar-refractivity contribution in [2.45, 2.75) is 63.9 Å². The summed E-state index contributed by atoms with van der Waals surface area (Å²) in [6.07, 6.45) is 8.54. The molecule has 5 nitrogen and oxygen atoms in total. The lowest BCUT2D eigenvalue weighted by Crippen LogP contribution is -2.45. The smallest absolute Gasteiger partial charge is 0.226 e. The summed E-state index contributed by atoms with van der Waals surface area (Å²) >= 11 is 0. The number of nitrogens with one attached hydrogen (secondary N) is 1. The quantitative estimate of drug-likeness (QED) is 0.827. The van der Waals surface area contributed by atoms with Crippen molar-refractivity contribution >= 4 is 11.8 Å². The first-order chi connectivity index (χ1) is 11.2. The van der Waals surface area contributed by atoms with Crippen LogP contribution in [0, 0.1) is 17.8 Å². The molecule has 2 amide bonds. The van der Waals surface area contributed by atoms with Gasteiger partial charge in [0.2, 0.25) is 11.8 Å². The normalized spacial score (nSPS) is 34.6. The standard InChI is InChI=1S/C18H30N2O3/c21-16-9-5-6-13(16)12-19-17(22)14-7-1-2-8-15(14)18(23)20-10-3-4-11-20/h13-16,21H,1-12H2,(H,19,22). The Morgan fingerprint density at radius 2 is 1.61 bits per heavy atom. The highest BCUT2D eigenvalue weighted by Crippen LogP contribution is 2.33. The average molecular weight is 322 g/mol. The van der Waals surface area contributed by atoms with Gasteiger partial charge in [0, 0.05) is 37.4 Å². The van der Waals surface area contributed by atoms with E-state index in [1.54, 1.807) is 0 Å². The van der Waals surface area contributed by atoms with E-state index in [1.807, 2.05) is 4.90 Å². The first-order valence-electron chi connectivity index (χ1n) is 9.41. The van der Waals surface area contributed by atoms with Gasteiger partial charge in [-0.05, 0) is 38.5 Å². The van der Waals surface area contributed by atoms with Gasteiger partial charge in [-0.25, -0.2) is 0 Å². The lowest BCUT2D eigenvalue weighted by molar-refractivity contribution is -0.143. The Kier molecular flexibility index (Phi) is 5.57. The molecule has 4 atom stereocenters. The molecular formula is C18H30N2O3. The van der Waals surface area contributed by atoms with Crippen molar-refractivity contribution < 1.29 is 14.7 Å². The molecule has 1 heterocycles. The summed E-state index contributed by atoms with van der Waals surface area (Å²) in [7, 11) is 0. The van der Waals surface area contributed by atoms with E-state index < -0.39 is 0 Å². The molecule has 3 aliphatic rings. The van der Waals surface area contributed by atoms with Gasteiger partial charge >= 0.3 is 0 Å². The summed E-state index contributed by atoms with van der Waals surface area (Å²) in [5, 5.41) is 12.9. The molecule has 130 valence electrons. The molecule has 23 heavy (non-hydrogen) atoms. The van der Waals surface area contributed by atoms with Crippen LogP contribution < -0.4 is 5.32 Å². The Bertz CT molecular complexity index is 434. The maximum absolute atomic E-state index is 12.7. The fraction of sp³-hybridized carbons (Fsp3) is 0.889. The van der Waals surface area contributed by atoms with E-state index in [9.17, 15) is 14.7 Å². The molecule has 0 aromatic carbocycles. The van der Waals surface area contributed by atoms with Gasteiger partial charge in [-0.3, -0.25) is 9.59 Å². The second-order valence-electron chi connectivity index (χ2n) is 7.53. The molecule has 2 aliphatic carbocycles. The Labute approximate surface area is 138 Å². The molecule has 3 rings (SSSR count). The van der Waals surface area contributed by atoms with Gasteiger partial charge in [0.15, 0.2) is 0 Å². The second-order valence-corrected chi connectivity index (χ2v) is 7.53. The molecule has 2 N–H and O–H groups in total. The number of carbonyl (C=O) groups excluding carboxylic acids is 2. The van der Waals surface area contributed by atoms with Crippen molar-refractivity contribution in [1.29, 1.82) is 0 Å². The van der Waals surface area contributed by atoms with Crippen LogP contribution >= 0.6 is 0 Å². The predicted octanol–water partition coefficient (Wildman–Crippen LogP) is 1.69. The van der Waals surface area contributed by atoms with Crippen LogP contribution in [0.2, 0.25) is 0 Å². The van der Waals surface area contributed by atoms with Gasteiger partial charge in [-0.15, -0.1) is 0 Å². The highest BCUT2D eigenvalue weighted by atomic mass is 16.3. The number of rotatable bonds is 4. The van der Waals surface area contributed by atoms with Crippen molar-refractivity contribution in [3.05, 3.63) is 0 Å². The van der Waals surface area contributed by atoms with Gasteiger partial charge < -0.3 is 15.3 Å². The first kappa shape index (κ1) is 16.7. The Balaban J connectivity index is 1.56. The molecule has 3 fully saturated rings. The van der Waals surface area contributed by atoms with Gasteiger partial charge in [0.05, 0.1) is 6.10 Å². The number of likely N-dealkylation sites (tertiary alicyclic amines) is 1. The average Bonchev–Trinajstić information content (AvgIpc) is 3.24. The molecule has 1 saturated heterocycles. The third kappa shape index (κ3) is 3.87. The first-order valence-corrected chi connectivity index (χ1v) is 9.41. The van der Waals surface area contributed by atoms with Crippen LogP contribution in [0.4, 0.5) is 0 Å². The fourth-order valence-corrected chi connectivity index (χ4v) is 4.53. The third-order valence-electron chi connectivity index (χ3n) is 6.00. The van der Waals surface area contributed by atoms with E-state index in [0.717, 1.165) is 70.9 Å².